The highest BCUT2D eigenvalue weighted by atomic mass is 19.1. The van der Waals surface area contributed by atoms with Gasteiger partial charge >= 0.3 is 6.03 Å². The van der Waals surface area contributed by atoms with Crippen LogP contribution in [-0.4, -0.2) is 31.1 Å². The Balaban J connectivity index is 2.01. The molecule has 102 valence electrons. The van der Waals surface area contributed by atoms with Crippen molar-refractivity contribution in [2.24, 2.45) is 0 Å². The van der Waals surface area contributed by atoms with Gasteiger partial charge in [-0.1, -0.05) is 6.07 Å². The van der Waals surface area contributed by atoms with Crippen molar-refractivity contribution in [3.8, 4) is 0 Å². The smallest absolute Gasteiger partial charge is 0.315 e. The lowest BCUT2D eigenvalue weighted by molar-refractivity contribution is -0.117. The van der Waals surface area contributed by atoms with Crippen LogP contribution >= 0.6 is 0 Å². The van der Waals surface area contributed by atoms with Crippen LogP contribution in [0.5, 0.6) is 0 Å². The number of benzene rings is 1. The van der Waals surface area contributed by atoms with E-state index in [0.29, 0.717) is 18.8 Å². The molecule has 2 N–H and O–H groups in total. The Morgan fingerprint density at radius 2 is 2.32 bits per heavy atom. The van der Waals surface area contributed by atoms with Crippen LogP contribution in [0.2, 0.25) is 0 Å². The van der Waals surface area contributed by atoms with E-state index in [-0.39, 0.29) is 30.2 Å². The van der Waals surface area contributed by atoms with Gasteiger partial charge < -0.3 is 15.5 Å². The molecule has 1 saturated heterocycles. The molecule has 1 atom stereocenters. The second-order valence-electron chi connectivity index (χ2n) is 4.39. The molecule has 6 heteroatoms. The van der Waals surface area contributed by atoms with Crippen LogP contribution in [0.15, 0.2) is 24.3 Å². The molecule has 2 rings (SSSR count). The van der Waals surface area contributed by atoms with Gasteiger partial charge in [0.2, 0.25) is 5.91 Å². The van der Waals surface area contributed by atoms with Crippen molar-refractivity contribution < 1.29 is 14.0 Å². The Bertz CT molecular complexity index is 493. The number of nitrogens with zero attached hydrogens (tertiary/aromatic N) is 1. The molecule has 3 amide bonds. The number of carbonyl (C=O) groups excluding carboxylic acids is 2. The van der Waals surface area contributed by atoms with Crippen molar-refractivity contribution in [3.63, 3.8) is 0 Å². The Morgan fingerprint density at radius 3 is 3.00 bits per heavy atom. The summed E-state index contributed by atoms with van der Waals surface area (Å²) >= 11 is 0. The molecule has 0 saturated carbocycles. The summed E-state index contributed by atoms with van der Waals surface area (Å²) in [6, 6.07) is 5.34. The van der Waals surface area contributed by atoms with Crippen molar-refractivity contribution >= 4 is 17.6 Å². The maximum atomic E-state index is 13.1. The summed E-state index contributed by atoms with van der Waals surface area (Å²) in [5.41, 5.74) is 0.519. The van der Waals surface area contributed by atoms with E-state index in [1.807, 2.05) is 6.92 Å². The lowest BCUT2D eigenvalue weighted by Gasteiger charge is -2.17. The van der Waals surface area contributed by atoms with Crippen LogP contribution in [0.3, 0.4) is 0 Å². The van der Waals surface area contributed by atoms with E-state index in [2.05, 4.69) is 10.6 Å². The van der Waals surface area contributed by atoms with Gasteiger partial charge in [0.1, 0.15) is 5.82 Å². The van der Waals surface area contributed by atoms with E-state index < -0.39 is 0 Å². The molecule has 1 fully saturated rings. The number of hydrogen-bond donors (Lipinski definition) is 2. The molecule has 1 aliphatic heterocycles. The molecule has 0 unspecified atom stereocenters. The molecule has 0 aliphatic carbocycles. The van der Waals surface area contributed by atoms with Crippen molar-refractivity contribution in [2.75, 3.05) is 18.0 Å². The minimum Gasteiger partial charge on any atom is -0.338 e. The topological polar surface area (TPSA) is 61.4 Å². The molecule has 1 aromatic rings. The van der Waals surface area contributed by atoms with Gasteiger partial charge in [-0.3, -0.25) is 4.79 Å². The van der Waals surface area contributed by atoms with Crippen LogP contribution in [0, 0.1) is 5.82 Å². The summed E-state index contributed by atoms with van der Waals surface area (Å²) in [5, 5.41) is 5.33. The van der Waals surface area contributed by atoms with Crippen LogP contribution in [0.25, 0.3) is 0 Å². The molecule has 5 nitrogen and oxygen atoms in total. The van der Waals surface area contributed by atoms with Crippen LogP contribution in [-0.2, 0) is 4.79 Å². The van der Waals surface area contributed by atoms with E-state index in [1.165, 1.54) is 17.0 Å². The molecule has 0 aromatic heterocycles. The standard InChI is InChI=1S/C13H16FN3O2/c1-2-15-13(19)16-10-7-12(18)17(8-10)11-5-3-4-9(14)6-11/h3-6,10H,2,7-8H2,1H3,(H2,15,16,19)/t10-/m1/s1. The molecule has 0 bridgehead atoms. The summed E-state index contributed by atoms with van der Waals surface area (Å²) in [6.45, 7) is 2.71. The van der Waals surface area contributed by atoms with E-state index in [1.54, 1.807) is 12.1 Å². The molecular formula is C13H16FN3O2. The van der Waals surface area contributed by atoms with E-state index in [9.17, 15) is 14.0 Å². The Kier molecular flexibility index (Phi) is 3.99. The molecule has 1 aromatic carbocycles. The summed E-state index contributed by atoms with van der Waals surface area (Å²) in [4.78, 5) is 24.7. The lowest BCUT2D eigenvalue weighted by Crippen LogP contribution is -2.43. The summed E-state index contributed by atoms with van der Waals surface area (Å²) in [6.07, 6.45) is 0.230. The highest BCUT2D eigenvalue weighted by Gasteiger charge is 2.31. The van der Waals surface area contributed by atoms with Gasteiger partial charge in [0.15, 0.2) is 0 Å². The number of rotatable bonds is 3. The first-order chi connectivity index (χ1) is 9.10. The first kappa shape index (κ1) is 13.3. The fourth-order valence-corrected chi connectivity index (χ4v) is 2.09. The minimum atomic E-state index is -0.384. The average Bonchev–Trinajstić information content (AvgIpc) is 2.70. The van der Waals surface area contributed by atoms with Crippen molar-refractivity contribution in [3.05, 3.63) is 30.1 Å². The highest BCUT2D eigenvalue weighted by molar-refractivity contribution is 5.96. The average molecular weight is 265 g/mol. The number of hydrogen-bond acceptors (Lipinski definition) is 2. The number of carbonyl (C=O) groups is 2. The quantitative estimate of drug-likeness (QED) is 0.864. The number of urea groups is 1. The summed E-state index contributed by atoms with van der Waals surface area (Å²) in [5.74, 6) is -0.502. The third-order valence-electron chi connectivity index (χ3n) is 2.92. The fraction of sp³-hybridized carbons (Fsp3) is 0.385. The zero-order valence-corrected chi connectivity index (χ0v) is 10.6. The zero-order valence-electron chi connectivity index (χ0n) is 10.6. The summed E-state index contributed by atoms with van der Waals surface area (Å²) in [7, 11) is 0. The first-order valence-electron chi connectivity index (χ1n) is 6.20. The second kappa shape index (κ2) is 5.69. The second-order valence-corrected chi connectivity index (χ2v) is 4.39. The highest BCUT2D eigenvalue weighted by Crippen LogP contribution is 2.22. The number of anilines is 1. The van der Waals surface area contributed by atoms with Gasteiger partial charge in [0.25, 0.3) is 0 Å². The molecule has 0 radical (unpaired) electrons. The number of amides is 3. The predicted octanol–water partition coefficient (Wildman–Crippen LogP) is 1.25. The van der Waals surface area contributed by atoms with Gasteiger partial charge in [-0.15, -0.1) is 0 Å². The Morgan fingerprint density at radius 1 is 1.53 bits per heavy atom. The van der Waals surface area contributed by atoms with Crippen LogP contribution < -0.4 is 15.5 Å². The van der Waals surface area contributed by atoms with Crippen LogP contribution in [0.1, 0.15) is 13.3 Å². The molecule has 1 heterocycles. The SMILES string of the molecule is CCNC(=O)N[C@@H]1CC(=O)N(c2cccc(F)c2)C1. The van der Waals surface area contributed by atoms with Gasteiger partial charge in [0.05, 0.1) is 6.04 Å². The van der Waals surface area contributed by atoms with Gasteiger partial charge in [0, 0.05) is 25.2 Å². The molecule has 0 spiro atoms. The fourth-order valence-electron chi connectivity index (χ4n) is 2.09. The maximum Gasteiger partial charge on any atom is 0.315 e. The monoisotopic (exact) mass is 265 g/mol. The molecule has 19 heavy (non-hydrogen) atoms. The largest absolute Gasteiger partial charge is 0.338 e. The predicted molar refractivity (Wildman–Crippen MR) is 69.4 cm³/mol. The third kappa shape index (κ3) is 3.21. The molecular weight excluding hydrogens is 249 g/mol. The first-order valence-corrected chi connectivity index (χ1v) is 6.20. The summed E-state index contributed by atoms with van der Waals surface area (Å²) < 4.78 is 13.1. The minimum absolute atomic E-state index is 0.118. The number of nitrogens with one attached hydrogen (secondary N) is 2. The maximum absolute atomic E-state index is 13.1. The van der Waals surface area contributed by atoms with E-state index in [4.69, 9.17) is 0 Å². The van der Waals surface area contributed by atoms with Gasteiger partial charge in [-0.05, 0) is 25.1 Å². The van der Waals surface area contributed by atoms with Crippen molar-refractivity contribution in [2.45, 2.75) is 19.4 Å². The number of halogens is 1. The van der Waals surface area contributed by atoms with Crippen molar-refractivity contribution in [1.82, 2.24) is 10.6 Å². The molecule has 1 aliphatic rings. The third-order valence-corrected chi connectivity index (χ3v) is 2.92. The normalized spacial score (nSPS) is 18.5. The van der Waals surface area contributed by atoms with Crippen LogP contribution in [0.4, 0.5) is 14.9 Å². The van der Waals surface area contributed by atoms with Gasteiger partial charge in [-0.25, -0.2) is 9.18 Å². The van der Waals surface area contributed by atoms with Crippen molar-refractivity contribution in [1.29, 1.82) is 0 Å². The Hall–Kier alpha value is -2.11. The van der Waals surface area contributed by atoms with Gasteiger partial charge in [-0.2, -0.15) is 0 Å². The van der Waals surface area contributed by atoms with E-state index >= 15 is 0 Å². The van der Waals surface area contributed by atoms with E-state index in [0.717, 1.165) is 0 Å². The Labute approximate surface area is 110 Å². The lowest BCUT2D eigenvalue weighted by atomic mass is 10.2. The zero-order chi connectivity index (χ0) is 13.8.